The van der Waals surface area contributed by atoms with Crippen molar-refractivity contribution in [3.63, 3.8) is 0 Å². The van der Waals surface area contributed by atoms with E-state index >= 15 is 0 Å². The molecule has 1 heterocycles. The van der Waals surface area contributed by atoms with Gasteiger partial charge in [0.05, 0.1) is 24.0 Å². The smallest absolute Gasteiger partial charge is 0.379 e. The summed E-state index contributed by atoms with van der Waals surface area (Å²) in [6.07, 6.45) is 0.242. The molecule has 1 aromatic heterocycles. The lowest BCUT2D eigenvalue weighted by molar-refractivity contribution is -0.137. The van der Waals surface area contributed by atoms with Crippen LogP contribution < -0.4 is 5.32 Å². The summed E-state index contributed by atoms with van der Waals surface area (Å²) in [7, 11) is 0. The van der Waals surface area contributed by atoms with Crippen LogP contribution in [0.3, 0.4) is 0 Å². The van der Waals surface area contributed by atoms with Crippen LogP contribution in [0.2, 0.25) is 0 Å². The SMILES string of the molecule is FC(F)(F)c1cc(Br)cc(NCc2cnccn2)c1. The zero-order valence-electron chi connectivity index (χ0n) is 9.58. The van der Waals surface area contributed by atoms with Crippen molar-refractivity contribution < 1.29 is 13.2 Å². The molecule has 100 valence electrons. The molecule has 7 heteroatoms. The minimum absolute atomic E-state index is 0.307. The Morgan fingerprint density at radius 2 is 1.95 bits per heavy atom. The van der Waals surface area contributed by atoms with Crippen molar-refractivity contribution in [3.8, 4) is 0 Å². The first-order valence-corrected chi connectivity index (χ1v) is 6.11. The quantitative estimate of drug-likeness (QED) is 0.927. The number of halogens is 4. The molecule has 0 saturated carbocycles. The molecule has 0 aliphatic heterocycles. The van der Waals surface area contributed by atoms with E-state index in [0.717, 1.165) is 12.1 Å². The van der Waals surface area contributed by atoms with Gasteiger partial charge in [-0.05, 0) is 18.2 Å². The van der Waals surface area contributed by atoms with Crippen molar-refractivity contribution in [2.45, 2.75) is 12.7 Å². The van der Waals surface area contributed by atoms with Gasteiger partial charge in [0, 0.05) is 22.6 Å². The summed E-state index contributed by atoms with van der Waals surface area (Å²) < 4.78 is 38.3. The molecular formula is C12H9BrF3N3. The summed E-state index contributed by atoms with van der Waals surface area (Å²) in [5.74, 6) is 0. The Kier molecular flexibility index (Phi) is 4.04. The maximum Gasteiger partial charge on any atom is 0.416 e. The molecule has 0 amide bonds. The normalized spacial score (nSPS) is 11.4. The van der Waals surface area contributed by atoms with Crippen molar-refractivity contribution in [1.82, 2.24) is 9.97 Å². The van der Waals surface area contributed by atoms with Crippen LogP contribution >= 0.6 is 15.9 Å². The molecule has 0 fully saturated rings. The fourth-order valence-corrected chi connectivity index (χ4v) is 1.96. The van der Waals surface area contributed by atoms with Crippen LogP contribution in [0.1, 0.15) is 11.3 Å². The lowest BCUT2D eigenvalue weighted by atomic mass is 10.2. The van der Waals surface area contributed by atoms with Gasteiger partial charge in [0.1, 0.15) is 0 Å². The number of aromatic nitrogens is 2. The molecule has 0 radical (unpaired) electrons. The highest BCUT2D eigenvalue weighted by Gasteiger charge is 2.31. The van der Waals surface area contributed by atoms with E-state index in [0.29, 0.717) is 22.4 Å². The molecule has 0 atom stereocenters. The van der Waals surface area contributed by atoms with Gasteiger partial charge in [0.2, 0.25) is 0 Å². The van der Waals surface area contributed by atoms with Crippen LogP contribution in [0.4, 0.5) is 18.9 Å². The van der Waals surface area contributed by atoms with E-state index in [1.165, 1.54) is 12.4 Å². The third kappa shape index (κ3) is 3.92. The number of hydrogen-bond donors (Lipinski definition) is 1. The minimum Gasteiger partial charge on any atom is -0.379 e. The molecule has 0 spiro atoms. The Morgan fingerprint density at radius 1 is 1.16 bits per heavy atom. The fraction of sp³-hybridized carbons (Fsp3) is 0.167. The first-order chi connectivity index (χ1) is 8.95. The molecule has 0 unspecified atom stereocenters. The van der Waals surface area contributed by atoms with Gasteiger partial charge in [0.25, 0.3) is 0 Å². The molecule has 0 aliphatic rings. The molecule has 0 bridgehead atoms. The number of anilines is 1. The Bertz CT molecular complexity index is 558. The van der Waals surface area contributed by atoms with Crippen molar-refractivity contribution >= 4 is 21.6 Å². The fourth-order valence-electron chi connectivity index (χ4n) is 1.47. The molecule has 0 saturated heterocycles. The molecule has 1 N–H and O–H groups in total. The van der Waals surface area contributed by atoms with Crippen LogP contribution in [-0.2, 0) is 12.7 Å². The average Bonchev–Trinajstić information content (AvgIpc) is 2.36. The summed E-state index contributed by atoms with van der Waals surface area (Å²) in [6.45, 7) is 0.307. The van der Waals surface area contributed by atoms with Crippen molar-refractivity contribution in [2.75, 3.05) is 5.32 Å². The molecular weight excluding hydrogens is 323 g/mol. The zero-order chi connectivity index (χ0) is 13.9. The van der Waals surface area contributed by atoms with Gasteiger partial charge >= 0.3 is 6.18 Å². The number of nitrogens with zero attached hydrogens (tertiary/aromatic N) is 2. The standard InChI is InChI=1S/C12H9BrF3N3/c13-9-3-8(12(14,15)16)4-10(5-9)19-7-11-6-17-1-2-18-11/h1-6,19H,7H2. The van der Waals surface area contributed by atoms with E-state index in [4.69, 9.17) is 0 Å². The maximum atomic E-state index is 12.6. The average molecular weight is 332 g/mol. The molecule has 2 rings (SSSR count). The predicted octanol–water partition coefficient (Wildman–Crippen LogP) is 3.87. The number of nitrogens with one attached hydrogen (secondary N) is 1. The van der Waals surface area contributed by atoms with Crippen LogP contribution in [-0.4, -0.2) is 9.97 Å². The van der Waals surface area contributed by atoms with E-state index in [2.05, 4.69) is 31.2 Å². The van der Waals surface area contributed by atoms with Crippen LogP contribution in [0, 0.1) is 0 Å². The number of benzene rings is 1. The third-order valence-electron chi connectivity index (χ3n) is 2.32. The van der Waals surface area contributed by atoms with Gasteiger partial charge in [-0.25, -0.2) is 0 Å². The molecule has 0 aliphatic carbocycles. The topological polar surface area (TPSA) is 37.8 Å². The first-order valence-electron chi connectivity index (χ1n) is 5.32. The van der Waals surface area contributed by atoms with Crippen LogP contribution in [0.25, 0.3) is 0 Å². The number of rotatable bonds is 3. The van der Waals surface area contributed by atoms with Gasteiger partial charge in [-0.3, -0.25) is 9.97 Å². The van der Waals surface area contributed by atoms with Crippen molar-refractivity contribution in [2.24, 2.45) is 0 Å². The molecule has 3 nitrogen and oxygen atoms in total. The summed E-state index contributed by atoms with van der Waals surface area (Å²) >= 11 is 3.06. The lowest BCUT2D eigenvalue weighted by Gasteiger charge is -2.11. The zero-order valence-corrected chi connectivity index (χ0v) is 11.2. The second-order valence-electron chi connectivity index (χ2n) is 3.78. The second-order valence-corrected chi connectivity index (χ2v) is 4.69. The van der Waals surface area contributed by atoms with E-state index in [9.17, 15) is 13.2 Å². The van der Waals surface area contributed by atoms with Gasteiger partial charge < -0.3 is 5.32 Å². The summed E-state index contributed by atoms with van der Waals surface area (Å²) in [5, 5.41) is 2.88. The molecule has 2 aromatic rings. The van der Waals surface area contributed by atoms with Crippen LogP contribution in [0.5, 0.6) is 0 Å². The number of alkyl halides is 3. The van der Waals surface area contributed by atoms with Crippen LogP contribution in [0.15, 0.2) is 41.3 Å². The van der Waals surface area contributed by atoms with E-state index in [1.54, 1.807) is 12.3 Å². The van der Waals surface area contributed by atoms with Gasteiger partial charge in [-0.15, -0.1) is 0 Å². The Morgan fingerprint density at radius 3 is 2.58 bits per heavy atom. The summed E-state index contributed by atoms with van der Waals surface area (Å²) in [5.41, 5.74) is 0.312. The van der Waals surface area contributed by atoms with E-state index in [-0.39, 0.29) is 0 Å². The summed E-state index contributed by atoms with van der Waals surface area (Å²) in [4.78, 5) is 7.91. The minimum atomic E-state index is -4.37. The van der Waals surface area contributed by atoms with Gasteiger partial charge in [0.15, 0.2) is 0 Å². The van der Waals surface area contributed by atoms with Gasteiger partial charge in [-0.1, -0.05) is 15.9 Å². The largest absolute Gasteiger partial charge is 0.416 e. The highest BCUT2D eigenvalue weighted by atomic mass is 79.9. The Balaban J connectivity index is 2.15. The van der Waals surface area contributed by atoms with Crippen molar-refractivity contribution in [1.29, 1.82) is 0 Å². The highest BCUT2D eigenvalue weighted by Crippen LogP contribution is 2.33. The second kappa shape index (κ2) is 5.56. The predicted molar refractivity (Wildman–Crippen MR) is 68.5 cm³/mol. The lowest BCUT2D eigenvalue weighted by Crippen LogP contribution is -2.07. The van der Waals surface area contributed by atoms with Gasteiger partial charge in [-0.2, -0.15) is 13.2 Å². The highest BCUT2D eigenvalue weighted by molar-refractivity contribution is 9.10. The maximum absolute atomic E-state index is 12.6. The van der Waals surface area contributed by atoms with E-state index in [1.807, 2.05) is 0 Å². The first kappa shape index (κ1) is 13.8. The monoisotopic (exact) mass is 331 g/mol. The molecule has 19 heavy (non-hydrogen) atoms. The third-order valence-corrected chi connectivity index (χ3v) is 2.77. The Hall–Kier alpha value is -1.63. The number of hydrogen-bond acceptors (Lipinski definition) is 3. The summed E-state index contributed by atoms with van der Waals surface area (Å²) in [6, 6.07) is 3.67. The Labute approximate surface area is 116 Å². The van der Waals surface area contributed by atoms with E-state index < -0.39 is 11.7 Å². The molecule has 1 aromatic carbocycles. The van der Waals surface area contributed by atoms with Crippen molar-refractivity contribution in [3.05, 3.63) is 52.5 Å².